The van der Waals surface area contributed by atoms with Gasteiger partial charge in [0.05, 0.1) is 0 Å². The van der Waals surface area contributed by atoms with Crippen molar-refractivity contribution in [3.63, 3.8) is 0 Å². The molecule has 1 saturated carbocycles. The second kappa shape index (κ2) is 4.23. The Hall–Kier alpha value is -0.370. The third-order valence-corrected chi connectivity index (χ3v) is 3.47. The summed E-state index contributed by atoms with van der Waals surface area (Å²) in [4.78, 5) is 12.0. The highest BCUT2D eigenvalue weighted by atomic mass is 16.1. The Bertz CT molecular complexity index is 179. The normalized spacial score (nSPS) is 30.6. The standard InChI is InChI=1S/C11H19NO/c13-11(10-6-7-12-8-10)9-4-2-1-3-5-9/h9-10,12H,1-8H2. The Balaban J connectivity index is 1.87. The maximum absolute atomic E-state index is 12.0. The highest BCUT2D eigenvalue weighted by Crippen LogP contribution is 2.28. The van der Waals surface area contributed by atoms with Crippen LogP contribution in [0.15, 0.2) is 0 Å². The first kappa shape index (κ1) is 9.20. The van der Waals surface area contributed by atoms with E-state index in [0.717, 1.165) is 32.4 Å². The summed E-state index contributed by atoms with van der Waals surface area (Å²) in [7, 11) is 0. The van der Waals surface area contributed by atoms with Gasteiger partial charge in [-0.1, -0.05) is 19.3 Å². The van der Waals surface area contributed by atoms with Crippen LogP contribution in [0.3, 0.4) is 0 Å². The maximum Gasteiger partial charge on any atom is 0.140 e. The molecular weight excluding hydrogens is 162 g/mol. The zero-order valence-electron chi connectivity index (χ0n) is 8.22. The third-order valence-electron chi connectivity index (χ3n) is 3.47. The van der Waals surface area contributed by atoms with Crippen LogP contribution in [-0.4, -0.2) is 18.9 Å². The zero-order valence-corrected chi connectivity index (χ0v) is 8.22. The predicted octanol–water partition coefficient (Wildman–Crippen LogP) is 1.75. The van der Waals surface area contributed by atoms with Crippen LogP contribution in [0.1, 0.15) is 38.5 Å². The average molecular weight is 181 g/mol. The van der Waals surface area contributed by atoms with Crippen molar-refractivity contribution in [2.24, 2.45) is 11.8 Å². The van der Waals surface area contributed by atoms with Gasteiger partial charge in [-0.2, -0.15) is 0 Å². The molecule has 0 aromatic rings. The van der Waals surface area contributed by atoms with E-state index in [9.17, 15) is 4.79 Å². The second-order valence-corrected chi connectivity index (χ2v) is 4.43. The largest absolute Gasteiger partial charge is 0.316 e. The van der Waals surface area contributed by atoms with Gasteiger partial charge in [0.1, 0.15) is 5.78 Å². The number of rotatable bonds is 2. The van der Waals surface area contributed by atoms with E-state index in [1.165, 1.54) is 19.3 Å². The molecule has 2 heteroatoms. The Morgan fingerprint density at radius 1 is 1.00 bits per heavy atom. The minimum absolute atomic E-state index is 0.350. The van der Waals surface area contributed by atoms with Gasteiger partial charge in [-0.05, 0) is 25.8 Å². The number of carbonyl (C=O) groups excluding carboxylic acids is 1. The molecular formula is C11H19NO. The molecule has 0 bridgehead atoms. The van der Waals surface area contributed by atoms with Crippen LogP contribution in [-0.2, 0) is 4.79 Å². The van der Waals surface area contributed by atoms with E-state index in [1.807, 2.05) is 0 Å². The first-order valence-corrected chi connectivity index (χ1v) is 5.62. The average Bonchev–Trinajstić information content (AvgIpc) is 2.71. The van der Waals surface area contributed by atoms with Crippen molar-refractivity contribution < 1.29 is 4.79 Å². The molecule has 0 radical (unpaired) electrons. The SMILES string of the molecule is O=C(C1CCCCC1)C1CCNC1. The first-order valence-electron chi connectivity index (χ1n) is 5.62. The molecule has 2 rings (SSSR count). The van der Waals surface area contributed by atoms with Crippen LogP contribution in [0.2, 0.25) is 0 Å². The summed E-state index contributed by atoms with van der Waals surface area (Å²) >= 11 is 0. The van der Waals surface area contributed by atoms with E-state index in [-0.39, 0.29) is 0 Å². The lowest BCUT2D eigenvalue weighted by molar-refractivity contribution is -0.127. The van der Waals surface area contributed by atoms with E-state index in [2.05, 4.69) is 5.32 Å². The number of hydrogen-bond acceptors (Lipinski definition) is 2. The fourth-order valence-corrected chi connectivity index (χ4v) is 2.62. The van der Waals surface area contributed by atoms with Gasteiger partial charge in [-0.25, -0.2) is 0 Å². The molecule has 1 heterocycles. The Kier molecular flexibility index (Phi) is 2.99. The van der Waals surface area contributed by atoms with Gasteiger partial charge in [-0.3, -0.25) is 4.79 Å². The lowest BCUT2D eigenvalue weighted by Gasteiger charge is -2.22. The molecule has 2 aliphatic rings. The van der Waals surface area contributed by atoms with E-state index < -0.39 is 0 Å². The van der Waals surface area contributed by atoms with Gasteiger partial charge in [-0.15, -0.1) is 0 Å². The van der Waals surface area contributed by atoms with Gasteiger partial charge in [0, 0.05) is 18.4 Å². The summed E-state index contributed by atoms with van der Waals surface area (Å²) in [5, 5.41) is 3.27. The van der Waals surface area contributed by atoms with Crippen LogP contribution >= 0.6 is 0 Å². The van der Waals surface area contributed by atoms with Crippen molar-refractivity contribution in [3.05, 3.63) is 0 Å². The number of Topliss-reactive ketones (excluding diaryl/α,β-unsaturated/α-hetero) is 1. The summed E-state index contributed by atoms with van der Waals surface area (Å²) in [6, 6.07) is 0. The van der Waals surface area contributed by atoms with Gasteiger partial charge in [0.25, 0.3) is 0 Å². The quantitative estimate of drug-likeness (QED) is 0.703. The lowest BCUT2D eigenvalue weighted by Crippen LogP contribution is -2.26. The van der Waals surface area contributed by atoms with E-state index >= 15 is 0 Å². The molecule has 0 aromatic carbocycles. The number of hydrogen-bond donors (Lipinski definition) is 1. The minimum atomic E-state index is 0.350. The summed E-state index contributed by atoms with van der Waals surface area (Å²) < 4.78 is 0. The Morgan fingerprint density at radius 2 is 1.77 bits per heavy atom. The van der Waals surface area contributed by atoms with Crippen LogP contribution in [0, 0.1) is 11.8 Å². The van der Waals surface area contributed by atoms with Crippen LogP contribution in [0.4, 0.5) is 0 Å². The molecule has 13 heavy (non-hydrogen) atoms. The van der Waals surface area contributed by atoms with Crippen molar-refractivity contribution in [2.45, 2.75) is 38.5 Å². The molecule has 0 spiro atoms. The van der Waals surface area contributed by atoms with Gasteiger partial charge < -0.3 is 5.32 Å². The molecule has 1 unspecified atom stereocenters. The first-order chi connectivity index (χ1) is 6.38. The fraction of sp³-hybridized carbons (Fsp3) is 0.909. The third kappa shape index (κ3) is 2.11. The highest BCUT2D eigenvalue weighted by molar-refractivity contribution is 5.84. The number of nitrogens with one attached hydrogen (secondary N) is 1. The van der Waals surface area contributed by atoms with Crippen molar-refractivity contribution in [3.8, 4) is 0 Å². The van der Waals surface area contributed by atoms with E-state index in [4.69, 9.17) is 0 Å². The van der Waals surface area contributed by atoms with Gasteiger partial charge in [0.15, 0.2) is 0 Å². The smallest absolute Gasteiger partial charge is 0.140 e. The fourth-order valence-electron chi connectivity index (χ4n) is 2.62. The molecule has 1 aliphatic carbocycles. The summed E-state index contributed by atoms with van der Waals surface area (Å²) in [6.07, 6.45) is 7.29. The predicted molar refractivity (Wildman–Crippen MR) is 52.6 cm³/mol. The molecule has 2 nitrogen and oxygen atoms in total. The number of carbonyl (C=O) groups is 1. The summed E-state index contributed by atoms with van der Waals surface area (Å²) in [5.41, 5.74) is 0. The molecule has 1 N–H and O–H groups in total. The van der Waals surface area contributed by atoms with Gasteiger partial charge in [0.2, 0.25) is 0 Å². The number of ketones is 1. The van der Waals surface area contributed by atoms with Crippen molar-refractivity contribution >= 4 is 5.78 Å². The molecule has 1 saturated heterocycles. The van der Waals surface area contributed by atoms with Crippen LogP contribution < -0.4 is 5.32 Å². The monoisotopic (exact) mass is 181 g/mol. The maximum atomic E-state index is 12.0. The molecule has 0 aromatic heterocycles. The Morgan fingerprint density at radius 3 is 2.38 bits per heavy atom. The zero-order chi connectivity index (χ0) is 9.10. The topological polar surface area (TPSA) is 29.1 Å². The molecule has 1 atom stereocenters. The van der Waals surface area contributed by atoms with Crippen molar-refractivity contribution in [2.75, 3.05) is 13.1 Å². The molecule has 1 aliphatic heterocycles. The van der Waals surface area contributed by atoms with Crippen molar-refractivity contribution in [1.29, 1.82) is 0 Å². The minimum Gasteiger partial charge on any atom is -0.316 e. The highest BCUT2D eigenvalue weighted by Gasteiger charge is 2.29. The molecule has 74 valence electrons. The van der Waals surface area contributed by atoms with E-state index in [0.29, 0.717) is 17.6 Å². The van der Waals surface area contributed by atoms with Crippen LogP contribution in [0.5, 0.6) is 0 Å². The van der Waals surface area contributed by atoms with Gasteiger partial charge >= 0.3 is 0 Å². The molecule has 2 fully saturated rings. The summed E-state index contributed by atoms with van der Waals surface area (Å²) in [6.45, 7) is 1.98. The Labute approximate surface area is 80.1 Å². The van der Waals surface area contributed by atoms with E-state index in [1.54, 1.807) is 0 Å². The lowest BCUT2D eigenvalue weighted by atomic mass is 9.81. The van der Waals surface area contributed by atoms with Crippen molar-refractivity contribution in [1.82, 2.24) is 5.32 Å². The van der Waals surface area contributed by atoms with Crippen LogP contribution in [0.25, 0.3) is 0 Å². The summed E-state index contributed by atoms with van der Waals surface area (Å²) in [5.74, 6) is 1.33. The molecule has 0 amide bonds. The second-order valence-electron chi connectivity index (χ2n) is 4.43.